The van der Waals surface area contributed by atoms with Crippen LogP contribution < -0.4 is 10.0 Å². The number of hydrogen-bond acceptors (Lipinski definition) is 3. The fourth-order valence-corrected chi connectivity index (χ4v) is 2.59. The van der Waals surface area contributed by atoms with Gasteiger partial charge in [-0.1, -0.05) is 32.9 Å². The van der Waals surface area contributed by atoms with Crippen LogP contribution >= 0.6 is 0 Å². The van der Waals surface area contributed by atoms with Crippen molar-refractivity contribution in [1.82, 2.24) is 10.0 Å². The summed E-state index contributed by atoms with van der Waals surface area (Å²) < 4.78 is 26.2. The third-order valence-electron chi connectivity index (χ3n) is 2.75. The highest BCUT2D eigenvalue weighted by atomic mass is 32.2. The molecule has 0 aliphatic heterocycles. The Balaban J connectivity index is 2.91. The molecule has 0 fully saturated rings. The van der Waals surface area contributed by atoms with Gasteiger partial charge >= 0.3 is 6.03 Å². The SMILES string of the molecule is CC(C)(C)NC(=O)NS(=O)(=O)c1ccc(C(C)(C)C)cc1. The zero-order valence-corrected chi connectivity index (χ0v) is 14.3. The summed E-state index contributed by atoms with van der Waals surface area (Å²) in [7, 11) is -3.86. The predicted octanol–water partition coefficient (Wildman–Crippen LogP) is 2.77. The number of sulfonamides is 1. The molecule has 0 saturated carbocycles. The monoisotopic (exact) mass is 312 g/mol. The first-order valence-electron chi connectivity index (χ1n) is 6.77. The number of rotatable bonds is 2. The number of amides is 2. The van der Waals surface area contributed by atoms with Crippen molar-refractivity contribution in [3.63, 3.8) is 0 Å². The lowest BCUT2D eigenvalue weighted by atomic mass is 9.87. The van der Waals surface area contributed by atoms with Gasteiger partial charge in [-0.2, -0.15) is 0 Å². The molecule has 0 saturated heterocycles. The van der Waals surface area contributed by atoms with E-state index in [1.54, 1.807) is 32.9 Å². The van der Waals surface area contributed by atoms with Gasteiger partial charge in [-0.05, 0) is 43.9 Å². The van der Waals surface area contributed by atoms with Crippen molar-refractivity contribution >= 4 is 16.1 Å². The smallest absolute Gasteiger partial charge is 0.329 e. The van der Waals surface area contributed by atoms with Crippen LogP contribution in [0.5, 0.6) is 0 Å². The molecule has 0 heterocycles. The second-order valence-corrected chi connectivity index (χ2v) is 8.77. The van der Waals surface area contributed by atoms with Crippen LogP contribution in [0.2, 0.25) is 0 Å². The van der Waals surface area contributed by atoms with Gasteiger partial charge in [0.2, 0.25) is 0 Å². The zero-order chi connectivity index (χ0) is 16.5. The summed E-state index contributed by atoms with van der Waals surface area (Å²) in [6.45, 7) is 11.5. The maximum atomic E-state index is 12.1. The Hall–Kier alpha value is -1.56. The van der Waals surface area contributed by atoms with Crippen molar-refractivity contribution in [1.29, 1.82) is 0 Å². The summed E-state index contributed by atoms with van der Waals surface area (Å²) in [5.74, 6) is 0. The van der Waals surface area contributed by atoms with Crippen LogP contribution in [0, 0.1) is 0 Å². The van der Waals surface area contributed by atoms with Crippen LogP contribution in [0.4, 0.5) is 4.79 Å². The Kier molecular flexibility index (Phi) is 4.73. The summed E-state index contributed by atoms with van der Waals surface area (Å²) in [5.41, 5.74) is 0.468. The molecule has 0 unspecified atom stereocenters. The third-order valence-corrected chi connectivity index (χ3v) is 4.09. The highest BCUT2D eigenvalue weighted by Crippen LogP contribution is 2.23. The van der Waals surface area contributed by atoms with E-state index in [0.717, 1.165) is 5.56 Å². The van der Waals surface area contributed by atoms with Crippen molar-refractivity contribution in [2.24, 2.45) is 0 Å². The Bertz CT molecular complexity index is 606. The fraction of sp³-hybridized carbons (Fsp3) is 0.533. The Labute approximate surface area is 127 Å². The lowest BCUT2D eigenvalue weighted by molar-refractivity contribution is 0.237. The van der Waals surface area contributed by atoms with Crippen molar-refractivity contribution in [2.75, 3.05) is 0 Å². The Morgan fingerprint density at radius 1 is 0.952 bits per heavy atom. The van der Waals surface area contributed by atoms with Crippen LogP contribution in [0.15, 0.2) is 29.2 Å². The quantitative estimate of drug-likeness (QED) is 0.881. The average molecular weight is 312 g/mol. The lowest BCUT2D eigenvalue weighted by Crippen LogP contribution is -2.48. The van der Waals surface area contributed by atoms with E-state index in [9.17, 15) is 13.2 Å². The molecule has 0 radical (unpaired) electrons. The minimum Gasteiger partial charge on any atom is -0.333 e. The van der Waals surface area contributed by atoms with E-state index in [1.165, 1.54) is 12.1 Å². The van der Waals surface area contributed by atoms with Gasteiger partial charge in [-0.3, -0.25) is 0 Å². The zero-order valence-electron chi connectivity index (χ0n) is 13.4. The number of carbonyl (C=O) groups excluding carboxylic acids is 1. The number of hydrogen-bond donors (Lipinski definition) is 2. The topological polar surface area (TPSA) is 75.3 Å². The van der Waals surface area contributed by atoms with Crippen LogP contribution in [0.3, 0.4) is 0 Å². The molecule has 1 aromatic carbocycles. The molecule has 21 heavy (non-hydrogen) atoms. The number of urea groups is 1. The molecule has 6 heteroatoms. The van der Waals surface area contributed by atoms with Gasteiger partial charge in [0.05, 0.1) is 4.90 Å². The molecule has 0 aliphatic rings. The van der Waals surface area contributed by atoms with E-state index in [0.29, 0.717) is 0 Å². The molecule has 1 rings (SSSR count). The van der Waals surface area contributed by atoms with Crippen molar-refractivity contribution in [3.05, 3.63) is 29.8 Å². The van der Waals surface area contributed by atoms with E-state index in [-0.39, 0.29) is 10.3 Å². The maximum Gasteiger partial charge on any atom is 0.329 e. The number of benzene rings is 1. The van der Waals surface area contributed by atoms with Gasteiger partial charge in [-0.25, -0.2) is 17.9 Å². The summed E-state index contributed by atoms with van der Waals surface area (Å²) in [5, 5.41) is 2.55. The summed E-state index contributed by atoms with van der Waals surface area (Å²) in [6.07, 6.45) is 0. The van der Waals surface area contributed by atoms with Crippen molar-refractivity contribution in [3.8, 4) is 0 Å². The molecule has 2 N–H and O–H groups in total. The van der Waals surface area contributed by atoms with Gasteiger partial charge in [-0.15, -0.1) is 0 Å². The van der Waals surface area contributed by atoms with E-state index < -0.39 is 21.6 Å². The largest absolute Gasteiger partial charge is 0.333 e. The first-order chi connectivity index (χ1) is 9.31. The van der Waals surface area contributed by atoms with Crippen molar-refractivity contribution < 1.29 is 13.2 Å². The van der Waals surface area contributed by atoms with Gasteiger partial charge < -0.3 is 5.32 Å². The van der Waals surface area contributed by atoms with Gasteiger partial charge in [0.1, 0.15) is 0 Å². The summed E-state index contributed by atoms with van der Waals surface area (Å²) in [4.78, 5) is 11.7. The second-order valence-electron chi connectivity index (χ2n) is 7.08. The molecule has 0 spiro atoms. The highest BCUT2D eigenvalue weighted by molar-refractivity contribution is 7.90. The summed E-state index contributed by atoms with van der Waals surface area (Å²) >= 11 is 0. The maximum absolute atomic E-state index is 12.1. The van der Waals surface area contributed by atoms with E-state index in [2.05, 4.69) is 5.32 Å². The normalized spacial score (nSPS) is 12.9. The molecule has 0 aromatic heterocycles. The van der Waals surface area contributed by atoms with E-state index in [4.69, 9.17) is 0 Å². The van der Waals surface area contributed by atoms with Gasteiger partial charge in [0.15, 0.2) is 0 Å². The minimum absolute atomic E-state index is 0.0562. The minimum atomic E-state index is -3.86. The fourth-order valence-electron chi connectivity index (χ4n) is 1.68. The Morgan fingerprint density at radius 2 is 1.43 bits per heavy atom. The molecular weight excluding hydrogens is 288 g/mol. The molecule has 0 atom stereocenters. The van der Waals surface area contributed by atoms with Crippen molar-refractivity contribution in [2.45, 2.75) is 57.4 Å². The second kappa shape index (κ2) is 5.67. The molecule has 1 aromatic rings. The number of carbonyl (C=O) groups is 1. The van der Waals surface area contributed by atoms with Gasteiger partial charge in [0, 0.05) is 5.54 Å². The number of nitrogens with one attached hydrogen (secondary N) is 2. The molecule has 2 amide bonds. The van der Waals surface area contributed by atoms with Gasteiger partial charge in [0.25, 0.3) is 10.0 Å². The van der Waals surface area contributed by atoms with Crippen LogP contribution in [-0.2, 0) is 15.4 Å². The highest BCUT2D eigenvalue weighted by Gasteiger charge is 2.22. The predicted molar refractivity (Wildman–Crippen MR) is 83.7 cm³/mol. The van der Waals surface area contributed by atoms with Crippen LogP contribution in [0.1, 0.15) is 47.1 Å². The molecule has 5 nitrogen and oxygen atoms in total. The van der Waals surface area contributed by atoms with E-state index >= 15 is 0 Å². The average Bonchev–Trinajstić information content (AvgIpc) is 2.24. The first kappa shape index (κ1) is 17.5. The molecule has 0 bridgehead atoms. The summed E-state index contributed by atoms with van der Waals surface area (Å²) in [6, 6.07) is 5.80. The first-order valence-corrected chi connectivity index (χ1v) is 8.25. The standard InChI is InChI=1S/C15H24N2O3S/c1-14(2,3)11-7-9-12(10-8-11)21(19,20)17-13(18)16-15(4,5)6/h7-10H,1-6H3,(H2,16,17,18). The third kappa shape index (κ3) is 5.38. The Morgan fingerprint density at radius 3 is 1.81 bits per heavy atom. The lowest BCUT2D eigenvalue weighted by Gasteiger charge is -2.21. The van der Waals surface area contributed by atoms with Crippen LogP contribution in [0.25, 0.3) is 0 Å². The molecule has 0 aliphatic carbocycles. The van der Waals surface area contributed by atoms with Crippen LogP contribution in [-0.4, -0.2) is 20.0 Å². The van der Waals surface area contributed by atoms with E-state index in [1.807, 2.05) is 25.5 Å². The molecule has 118 valence electrons. The molecular formula is C15H24N2O3S.